The Bertz CT molecular complexity index is 413. The van der Waals surface area contributed by atoms with Crippen LogP contribution in [0.4, 0.5) is 4.39 Å². The van der Waals surface area contributed by atoms with Crippen LogP contribution in [0.15, 0.2) is 24.8 Å². The second-order valence-corrected chi connectivity index (χ2v) is 3.08. The molecule has 0 aliphatic heterocycles. The predicted octanol–water partition coefficient (Wildman–Crippen LogP) is 2.62. The summed E-state index contributed by atoms with van der Waals surface area (Å²) in [4.78, 5) is 11.2. The van der Waals surface area contributed by atoms with Crippen molar-refractivity contribution in [2.75, 3.05) is 13.7 Å². The Balaban J connectivity index is 3.07. The number of hydrogen-bond acceptors (Lipinski definition) is 3. The van der Waals surface area contributed by atoms with E-state index in [1.54, 1.807) is 6.92 Å². The first kappa shape index (κ1) is 12.2. The standard InChI is InChI=1S/C12H13FO3/c1-4-16-8(2)9-5-10(12(14)15-3)7-11(13)6-9/h5-7H,2,4H2,1,3H3. The molecule has 3 nitrogen and oxygen atoms in total. The molecule has 0 aromatic heterocycles. The van der Waals surface area contributed by atoms with Gasteiger partial charge in [-0.25, -0.2) is 9.18 Å². The van der Waals surface area contributed by atoms with Crippen LogP contribution >= 0.6 is 0 Å². The Labute approximate surface area is 93.5 Å². The molecule has 0 spiro atoms. The zero-order valence-corrected chi connectivity index (χ0v) is 9.25. The number of carbonyl (C=O) groups excluding carboxylic acids is 1. The summed E-state index contributed by atoms with van der Waals surface area (Å²) >= 11 is 0. The Kier molecular flexibility index (Phi) is 4.05. The smallest absolute Gasteiger partial charge is 0.337 e. The van der Waals surface area contributed by atoms with E-state index in [9.17, 15) is 9.18 Å². The van der Waals surface area contributed by atoms with Crippen molar-refractivity contribution >= 4 is 11.7 Å². The molecule has 0 aliphatic rings. The normalized spacial score (nSPS) is 9.69. The molecular formula is C12H13FO3. The summed E-state index contributed by atoms with van der Waals surface area (Å²) in [5, 5.41) is 0. The van der Waals surface area contributed by atoms with Crippen molar-refractivity contribution in [3.05, 3.63) is 41.7 Å². The number of methoxy groups -OCH3 is 1. The van der Waals surface area contributed by atoms with Gasteiger partial charge in [0.15, 0.2) is 0 Å². The summed E-state index contributed by atoms with van der Waals surface area (Å²) in [7, 11) is 1.24. The van der Waals surface area contributed by atoms with Crippen molar-refractivity contribution in [3.8, 4) is 0 Å². The molecule has 0 amide bonds. The number of esters is 1. The van der Waals surface area contributed by atoms with E-state index in [-0.39, 0.29) is 5.56 Å². The molecule has 16 heavy (non-hydrogen) atoms. The molecule has 1 aromatic rings. The quantitative estimate of drug-likeness (QED) is 0.582. The van der Waals surface area contributed by atoms with Gasteiger partial charge in [0, 0.05) is 5.56 Å². The fourth-order valence-corrected chi connectivity index (χ4v) is 1.24. The third-order valence-corrected chi connectivity index (χ3v) is 1.96. The average Bonchev–Trinajstić information content (AvgIpc) is 2.27. The minimum absolute atomic E-state index is 0.137. The number of carbonyl (C=O) groups is 1. The van der Waals surface area contributed by atoms with E-state index in [0.29, 0.717) is 17.9 Å². The van der Waals surface area contributed by atoms with Gasteiger partial charge in [0.05, 0.1) is 19.3 Å². The highest BCUT2D eigenvalue weighted by Gasteiger charge is 2.10. The third kappa shape index (κ3) is 2.82. The van der Waals surface area contributed by atoms with Crippen LogP contribution in [0.1, 0.15) is 22.8 Å². The van der Waals surface area contributed by atoms with E-state index < -0.39 is 11.8 Å². The highest BCUT2D eigenvalue weighted by atomic mass is 19.1. The third-order valence-electron chi connectivity index (χ3n) is 1.96. The summed E-state index contributed by atoms with van der Waals surface area (Å²) in [5.74, 6) is -0.795. The Hall–Kier alpha value is -1.84. The van der Waals surface area contributed by atoms with Gasteiger partial charge < -0.3 is 9.47 Å². The van der Waals surface area contributed by atoms with Gasteiger partial charge in [0.25, 0.3) is 0 Å². The molecule has 0 aliphatic carbocycles. The van der Waals surface area contributed by atoms with Crippen molar-refractivity contribution in [3.63, 3.8) is 0 Å². The second-order valence-electron chi connectivity index (χ2n) is 3.08. The summed E-state index contributed by atoms with van der Waals surface area (Å²) in [5.41, 5.74) is 0.570. The topological polar surface area (TPSA) is 35.5 Å². The van der Waals surface area contributed by atoms with Gasteiger partial charge in [0.2, 0.25) is 0 Å². The molecule has 4 heteroatoms. The Morgan fingerprint density at radius 3 is 2.56 bits per heavy atom. The number of hydrogen-bond donors (Lipinski definition) is 0. The molecule has 1 rings (SSSR count). The molecule has 0 unspecified atom stereocenters. The maximum Gasteiger partial charge on any atom is 0.337 e. The van der Waals surface area contributed by atoms with Gasteiger partial charge >= 0.3 is 5.97 Å². The van der Waals surface area contributed by atoms with Gasteiger partial charge in [0.1, 0.15) is 11.6 Å². The van der Waals surface area contributed by atoms with Crippen LogP contribution in [0.25, 0.3) is 5.76 Å². The summed E-state index contributed by atoms with van der Waals surface area (Å²) in [6.07, 6.45) is 0. The van der Waals surface area contributed by atoms with Crippen LogP contribution in [0.5, 0.6) is 0 Å². The number of benzene rings is 1. The monoisotopic (exact) mass is 224 g/mol. The number of halogens is 1. The maximum absolute atomic E-state index is 13.2. The van der Waals surface area contributed by atoms with Crippen LogP contribution < -0.4 is 0 Å². The van der Waals surface area contributed by atoms with Crippen LogP contribution in [0.3, 0.4) is 0 Å². The number of rotatable bonds is 4. The second kappa shape index (κ2) is 5.30. The molecule has 86 valence electrons. The zero-order chi connectivity index (χ0) is 12.1. The molecular weight excluding hydrogens is 211 g/mol. The highest BCUT2D eigenvalue weighted by Crippen LogP contribution is 2.18. The minimum Gasteiger partial charge on any atom is -0.494 e. The molecule has 1 aromatic carbocycles. The Morgan fingerprint density at radius 1 is 1.38 bits per heavy atom. The van der Waals surface area contributed by atoms with E-state index in [2.05, 4.69) is 11.3 Å². The zero-order valence-electron chi connectivity index (χ0n) is 9.25. The Morgan fingerprint density at radius 2 is 2.00 bits per heavy atom. The average molecular weight is 224 g/mol. The van der Waals surface area contributed by atoms with E-state index in [1.165, 1.54) is 19.2 Å². The van der Waals surface area contributed by atoms with E-state index in [0.717, 1.165) is 6.07 Å². The van der Waals surface area contributed by atoms with Crippen molar-refractivity contribution in [2.24, 2.45) is 0 Å². The summed E-state index contributed by atoms with van der Waals surface area (Å²) in [6.45, 7) is 5.87. The van der Waals surface area contributed by atoms with Gasteiger partial charge in [-0.3, -0.25) is 0 Å². The first-order chi connectivity index (χ1) is 7.58. The van der Waals surface area contributed by atoms with E-state index >= 15 is 0 Å². The molecule has 0 radical (unpaired) electrons. The van der Waals surface area contributed by atoms with Crippen molar-refractivity contribution in [1.29, 1.82) is 0 Å². The lowest BCUT2D eigenvalue weighted by atomic mass is 10.1. The van der Waals surface area contributed by atoms with E-state index in [4.69, 9.17) is 4.74 Å². The van der Waals surface area contributed by atoms with Crippen molar-refractivity contribution < 1.29 is 18.7 Å². The summed E-state index contributed by atoms with van der Waals surface area (Å²) < 4.78 is 22.9. The molecule has 0 saturated carbocycles. The van der Waals surface area contributed by atoms with Crippen LogP contribution in [-0.4, -0.2) is 19.7 Å². The minimum atomic E-state index is -0.593. The van der Waals surface area contributed by atoms with Crippen LogP contribution in [-0.2, 0) is 9.47 Å². The first-order valence-electron chi connectivity index (χ1n) is 4.79. The largest absolute Gasteiger partial charge is 0.494 e. The van der Waals surface area contributed by atoms with Gasteiger partial charge in [-0.15, -0.1) is 0 Å². The fraction of sp³-hybridized carbons (Fsp3) is 0.250. The van der Waals surface area contributed by atoms with Crippen LogP contribution in [0.2, 0.25) is 0 Å². The molecule has 0 N–H and O–H groups in total. The lowest BCUT2D eigenvalue weighted by Gasteiger charge is -2.08. The van der Waals surface area contributed by atoms with Crippen LogP contribution in [0, 0.1) is 5.82 Å². The molecule has 0 atom stereocenters. The fourth-order valence-electron chi connectivity index (χ4n) is 1.24. The lowest BCUT2D eigenvalue weighted by molar-refractivity contribution is 0.0600. The predicted molar refractivity (Wildman–Crippen MR) is 58.4 cm³/mol. The first-order valence-corrected chi connectivity index (χ1v) is 4.79. The van der Waals surface area contributed by atoms with Crippen molar-refractivity contribution in [2.45, 2.75) is 6.92 Å². The molecule has 0 heterocycles. The van der Waals surface area contributed by atoms with Crippen molar-refractivity contribution in [1.82, 2.24) is 0 Å². The SMILES string of the molecule is C=C(OCC)c1cc(F)cc(C(=O)OC)c1. The summed E-state index contributed by atoms with van der Waals surface area (Å²) in [6, 6.07) is 3.84. The van der Waals surface area contributed by atoms with E-state index in [1.807, 2.05) is 0 Å². The molecule has 0 bridgehead atoms. The highest BCUT2D eigenvalue weighted by molar-refractivity contribution is 5.90. The lowest BCUT2D eigenvalue weighted by Crippen LogP contribution is -2.03. The van der Waals surface area contributed by atoms with Gasteiger partial charge in [-0.05, 0) is 25.1 Å². The van der Waals surface area contributed by atoms with Gasteiger partial charge in [-0.1, -0.05) is 6.58 Å². The van der Waals surface area contributed by atoms with Gasteiger partial charge in [-0.2, -0.15) is 0 Å². The maximum atomic E-state index is 13.2. The molecule has 0 saturated heterocycles. The number of ether oxygens (including phenoxy) is 2. The molecule has 0 fully saturated rings.